The molecule has 0 unspecified atom stereocenters. The second-order valence-electron chi connectivity index (χ2n) is 6.74. The highest BCUT2D eigenvalue weighted by molar-refractivity contribution is 5.92. The van der Waals surface area contributed by atoms with Crippen molar-refractivity contribution >= 4 is 17.6 Å². The summed E-state index contributed by atoms with van der Waals surface area (Å²) in [4.78, 5) is 21.0. The van der Waals surface area contributed by atoms with E-state index in [1.807, 2.05) is 12.1 Å². The zero-order valence-electron chi connectivity index (χ0n) is 17.2. The zero-order chi connectivity index (χ0) is 20.6. The summed E-state index contributed by atoms with van der Waals surface area (Å²) in [7, 11) is 4.69. The number of ether oxygens (including phenoxy) is 2. The van der Waals surface area contributed by atoms with Crippen molar-refractivity contribution in [2.75, 3.05) is 52.3 Å². The Morgan fingerprint density at radius 1 is 1.07 bits per heavy atom. The number of hydrogen-bond acceptors (Lipinski definition) is 5. The van der Waals surface area contributed by atoms with E-state index in [2.05, 4.69) is 44.4 Å². The van der Waals surface area contributed by atoms with Crippen molar-refractivity contribution in [1.82, 2.24) is 10.2 Å². The van der Waals surface area contributed by atoms with Gasteiger partial charge in [0.1, 0.15) is 11.3 Å². The van der Waals surface area contributed by atoms with Crippen LogP contribution in [0.4, 0.5) is 5.69 Å². The van der Waals surface area contributed by atoms with E-state index in [-0.39, 0.29) is 0 Å². The summed E-state index contributed by atoms with van der Waals surface area (Å²) in [5.41, 5.74) is 2.62. The lowest BCUT2D eigenvalue weighted by molar-refractivity contribution is 0.0597. The molecule has 1 N–H and O–H groups in total. The lowest BCUT2D eigenvalue weighted by Crippen LogP contribution is -2.52. The maximum absolute atomic E-state index is 12.0. The van der Waals surface area contributed by atoms with E-state index in [4.69, 9.17) is 9.47 Å². The van der Waals surface area contributed by atoms with E-state index < -0.39 is 5.97 Å². The summed E-state index contributed by atoms with van der Waals surface area (Å²) in [6.07, 6.45) is 0. The number of anilines is 1. The molecule has 7 nitrogen and oxygen atoms in total. The van der Waals surface area contributed by atoms with E-state index in [9.17, 15) is 4.79 Å². The topological polar surface area (TPSA) is 66.4 Å². The number of carbonyl (C=O) groups is 1. The van der Waals surface area contributed by atoms with Crippen LogP contribution in [0.3, 0.4) is 0 Å². The highest BCUT2D eigenvalue weighted by atomic mass is 16.5. The van der Waals surface area contributed by atoms with Crippen LogP contribution in [0, 0.1) is 0 Å². The molecule has 1 saturated heterocycles. The molecular formula is C22H28N4O3. The standard InChI is InChI=1S/C22H28N4O3/c1-23-22(26-13-11-25(12-14-26)18-7-5-4-6-8-18)24-16-17-9-10-20(28-2)19(15-17)21(27)29-3/h4-10,15H,11-14,16H2,1-3H3,(H,23,24). The smallest absolute Gasteiger partial charge is 0.341 e. The minimum Gasteiger partial charge on any atom is -0.496 e. The summed E-state index contributed by atoms with van der Waals surface area (Å²) in [6, 6.07) is 16.0. The number of guanidine groups is 1. The number of piperazine rings is 1. The Hall–Kier alpha value is -3.22. The van der Waals surface area contributed by atoms with E-state index in [1.54, 1.807) is 19.2 Å². The van der Waals surface area contributed by atoms with Gasteiger partial charge in [-0.15, -0.1) is 0 Å². The minimum atomic E-state index is -0.412. The Kier molecular flexibility index (Phi) is 6.94. The fourth-order valence-electron chi connectivity index (χ4n) is 3.46. The van der Waals surface area contributed by atoms with Crippen LogP contribution < -0.4 is 15.0 Å². The molecule has 0 aromatic heterocycles. The molecule has 7 heteroatoms. The second-order valence-corrected chi connectivity index (χ2v) is 6.74. The average Bonchev–Trinajstić information content (AvgIpc) is 2.79. The summed E-state index contributed by atoms with van der Waals surface area (Å²) in [5, 5.41) is 3.40. The van der Waals surface area contributed by atoms with Gasteiger partial charge >= 0.3 is 5.97 Å². The molecule has 0 saturated carbocycles. The van der Waals surface area contributed by atoms with Crippen LogP contribution in [0.1, 0.15) is 15.9 Å². The first-order chi connectivity index (χ1) is 14.2. The number of aliphatic imine (C=N–C) groups is 1. The molecule has 1 fully saturated rings. The molecular weight excluding hydrogens is 368 g/mol. The van der Waals surface area contributed by atoms with Crippen molar-refractivity contribution in [3.05, 3.63) is 59.7 Å². The molecule has 1 aliphatic heterocycles. The number of para-hydroxylation sites is 1. The first-order valence-electron chi connectivity index (χ1n) is 9.67. The molecule has 1 aliphatic rings. The van der Waals surface area contributed by atoms with Crippen LogP contribution in [0.25, 0.3) is 0 Å². The molecule has 0 amide bonds. The van der Waals surface area contributed by atoms with Crippen LogP contribution in [0.15, 0.2) is 53.5 Å². The number of nitrogens with zero attached hydrogens (tertiary/aromatic N) is 3. The van der Waals surface area contributed by atoms with Crippen LogP contribution in [-0.2, 0) is 11.3 Å². The third-order valence-electron chi connectivity index (χ3n) is 5.03. The van der Waals surface area contributed by atoms with Crippen LogP contribution in [0.5, 0.6) is 5.75 Å². The van der Waals surface area contributed by atoms with E-state index in [1.165, 1.54) is 19.9 Å². The minimum absolute atomic E-state index is 0.412. The van der Waals surface area contributed by atoms with Crippen molar-refractivity contribution in [3.8, 4) is 5.75 Å². The number of carbonyl (C=O) groups excluding carboxylic acids is 1. The van der Waals surface area contributed by atoms with E-state index >= 15 is 0 Å². The summed E-state index contributed by atoms with van der Waals surface area (Å²) in [6.45, 7) is 4.23. The predicted molar refractivity (Wildman–Crippen MR) is 115 cm³/mol. The zero-order valence-corrected chi connectivity index (χ0v) is 17.2. The van der Waals surface area contributed by atoms with Gasteiger partial charge in [-0.2, -0.15) is 0 Å². The molecule has 0 atom stereocenters. The maximum atomic E-state index is 12.0. The normalized spacial score (nSPS) is 14.5. The van der Waals surface area contributed by atoms with Gasteiger partial charge in [0.05, 0.1) is 14.2 Å². The largest absolute Gasteiger partial charge is 0.496 e. The summed E-state index contributed by atoms with van der Waals surface area (Å²) >= 11 is 0. The summed E-state index contributed by atoms with van der Waals surface area (Å²) in [5.74, 6) is 0.945. The lowest BCUT2D eigenvalue weighted by atomic mass is 10.1. The molecule has 0 aliphatic carbocycles. The molecule has 0 radical (unpaired) electrons. The fraction of sp³-hybridized carbons (Fsp3) is 0.364. The van der Waals surface area contributed by atoms with Gasteiger partial charge in [0.25, 0.3) is 0 Å². The Labute approximate surface area is 171 Å². The predicted octanol–water partition coefficient (Wildman–Crippen LogP) is 2.38. The maximum Gasteiger partial charge on any atom is 0.341 e. The van der Waals surface area contributed by atoms with Crippen molar-refractivity contribution in [2.45, 2.75) is 6.54 Å². The van der Waals surface area contributed by atoms with Gasteiger partial charge < -0.3 is 24.6 Å². The first kappa shape index (κ1) is 20.5. The van der Waals surface area contributed by atoms with Crippen molar-refractivity contribution in [2.24, 2.45) is 4.99 Å². The number of rotatable bonds is 5. The highest BCUT2D eigenvalue weighted by Crippen LogP contribution is 2.21. The van der Waals surface area contributed by atoms with Crippen LogP contribution in [0.2, 0.25) is 0 Å². The van der Waals surface area contributed by atoms with Crippen LogP contribution >= 0.6 is 0 Å². The quantitative estimate of drug-likeness (QED) is 0.476. The number of nitrogens with one attached hydrogen (secondary N) is 1. The van der Waals surface area contributed by atoms with Crippen LogP contribution in [-0.4, -0.2) is 64.3 Å². The fourth-order valence-corrected chi connectivity index (χ4v) is 3.46. The van der Waals surface area contributed by atoms with Gasteiger partial charge in [-0.3, -0.25) is 4.99 Å². The van der Waals surface area contributed by atoms with Gasteiger partial charge in [0, 0.05) is 45.5 Å². The van der Waals surface area contributed by atoms with E-state index in [0.717, 1.165) is 37.7 Å². The average molecular weight is 396 g/mol. The van der Waals surface area contributed by atoms with Gasteiger partial charge in [-0.25, -0.2) is 4.79 Å². The van der Waals surface area contributed by atoms with Gasteiger partial charge in [-0.1, -0.05) is 24.3 Å². The summed E-state index contributed by atoms with van der Waals surface area (Å²) < 4.78 is 10.1. The third kappa shape index (κ3) is 4.99. The van der Waals surface area contributed by atoms with Crippen molar-refractivity contribution < 1.29 is 14.3 Å². The molecule has 1 heterocycles. The molecule has 29 heavy (non-hydrogen) atoms. The van der Waals surface area contributed by atoms with Gasteiger partial charge in [0.15, 0.2) is 5.96 Å². The van der Waals surface area contributed by atoms with E-state index in [0.29, 0.717) is 17.9 Å². The SMILES string of the molecule is CN=C(NCc1ccc(OC)c(C(=O)OC)c1)N1CCN(c2ccccc2)CC1. The number of benzene rings is 2. The van der Waals surface area contributed by atoms with Gasteiger partial charge in [0.2, 0.25) is 0 Å². The highest BCUT2D eigenvalue weighted by Gasteiger charge is 2.20. The monoisotopic (exact) mass is 396 g/mol. The number of methoxy groups -OCH3 is 2. The number of hydrogen-bond donors (Lipinski definition) is 1. The molecule has 2 aromatic carbocycles. The molecule has 0 bridgehead atoms. The molecule has 0 spiro atoms. The van der Waals surface area contributed by atoms with Crippen molar-refractivity contribution in [1.29, 1.82) is 0 Å². The Balaban J connectivity index is 1.59. The molecule has 2 aromatic rings. The Morgan fingerprint density at radius 3 is 2.41 bits per heavy atom. The molecule has 3 rings (SSSR count). The molecule has 154 valence electrons. The third-order valence-corrected chi connectivity index (χ3v) is 5.03. The van der Waals surface area contributed by atoms with Gasteiger partial charge in [-0.05, 0) is 29.8 Å². The lowest BCUT2D eigenvalue weighted by Gasteiger charge is -2.37. The Bertz CT molecular complexity index is 846. The number of esters is 1. The Morgan fingerprint density at radius 2 is 1.79 bits per heavy atom. The van der Waals surface area contributed by atoms with Crippen molar-refractivity contribution in [3.63, 3.8) is 0 Å². The second kappa shape index (κ2) is 9.82. The first-order valence-corrected chi connectivity index (χ1v) is 9.67.